The summed E-state index contributed by atoms with van der Waals surface area (Å²) < 4.78 is 1.87. The zero-order valence-corrected chi connectivity index (χ0v) is 9.54. The third-order valence-corrected chi connectivity index (χ3v) is 3.68. The van der Waals surface area contributed by atoms with Crippen molar-refractivity contribution in [3.8, 4) is 0 Å². The molecule has 1 saturated carbocycles. The van der Waals surface area contributed by atoms with Crippen LogP contribution in [-0.4, -0.2) is 15.2 Å². The Labute approximate surface area is 90.3 Å². The van der Waals surface area contributed by atoms with E-state index in [2.05, 4.69) is 18.2 Å². The average Bonchev–Trinajstić information content (AvgIpc) is 2.56. The zero-order chi connectivity index (χ0) is 10.1. The van der Waals surface area contributed by atoms with Crippen molar-refractivity contribution in [2.75, 3.05) is 0 Å². The van der Waals surface area contributed by atoms with Gasteiger partial charge in [0.05, 0.1) is 6.20 Å². The molecule has 0 N–H and O–H groups in total. The second-order valence-electron chi connectivity index (χ2n) is 4.44. The molecule has 1 aromatic rings. The first-order chi connectivity index (χ1) is 6.66. The van der Waals surface area contributed by atoms with Crippen molar-refractivity contribution < 1.29 is 0 Å². The fraction of sp³-hybridized carbons (Fsp3) is 0.727. The van der Waals surface area contributed by atoms with E-state index in [1.54, 1.807) is 0 Å². The summed E-state index contributed by atoms with van der Waals surface area (Å²) in [7, 11) is 1.97. The Kier molecular flexibility index (Phi) is 2.82. The van der Waals surface area contributed by atoms with Gasteiger partial charge in [-0.05, 0) is 36.7 Å². The zero-order valence-electron chi connectivity index (χ0n) is 8.78. The number of halogens is 1. The average molecular weight is 213 g/mol. The van der Waals surface area contributed by atoms with Gasteiger partial charge in [-0.3, -0.25) is 4.68 Å². The molecule has 1 aromatic heterocycles. The maximum Gasteiger partial charge on any atom is 0.0524 e. The summed E-state index contributed by atoms with van der Waals surface area (Å²) in [6.07, 6.45) is 7.62. The molecule has 3 heteroatoms. The number of hydrogen-bond acceptors (Lipinski definition) is 1. The molecule has 3 unspecified atom stereocenters. The first-order valence-corrected chi connectivity index (χ1v) is 5.73. The van der Waals surface area contributed by atoms with Crippen LogP contribution in [0.4, 0.5) is 0 Å². The summed E-state index contributed by atoms with van der Waals surface area (Å²) in [5.74, 6) is 1.36. The van der Waals surface area contributed by atoms with Crippen LogP contribution >= 0.6 is 11.6 Å². The van der Waals surface area contributed by atoms with Crippen molar-refractivity contribution in [1.29, 1.82) is 0 Å². The van der Waals surface area contributed by atoms with Crippen LogP contribution in [0.1, 0.15) is 37.7 Å². The Bertz CT molecular complexity index is 308. The molecular weight excluding hydrogens is 196 g/mol. The SMILES string of the molecule is CC1CCC(Cl)CC1c1cnn(C)c1. The lowest BCUT2D eigenvalue weighted by Gasteiger charge is -2.30. The van der Waals surface area contributed by atoms with Gasteiger partial charge in [-0.25, -0.2) is 0 Å². The summed E-state index contributed by atoms with van der Waals surface area (Å²) in [5, 5.41) is 4.58. The van der Waals surface area contributed by atoms with E-state index in [-0.39, 0.29) is 0 Å². The highest BCUT2D eigenvalue weighted by Crippen LogP contribution is 2.39. The molecular formula is C11H17ClN2. The van der Waals surface area contributed by atoms with E-state index in [0.717, 1.165) is 12.3 Å². The fourth-order valence-electron chi connectivity index (χ4n) is 2.37. The molecule has 0 bridgehead atoms. The summed E-state index contributed by atoms with van der Waals surface area (Å²) in [6, 6.07) is 0. The highest BCUT2D eigenvalue weighted by Gasteiger charge is 2.28. The minimum atomic E-state index is 0.358. The van der Waals surface area contributed by atoms with Crippen LogP contribution in [0.5, 0.6) is 0 Å². The normalized spacial score (nSPS) is 33.2. The molecule has 1 aliphatic rings. The van der Waals surface area contributed by atoms with Gasteiger partial charge >= 0.3 is 0 Å². The Morgan fingerprint density at radius 3 is 2.93 bits per heavy atom. The van der Waals surface area contributed by atoms with Gasteiger partial charge in [-0.2, -0.15) is 5.10 Å². The van der Waals surface area contributed by atoms with E-state index in [1.807, 2.05) is 17.9 Å². The molecule has 2 rings (SSSR count). The van der Waals surface area contributed by atoms with Crippen LogP contribution in [-0.2, 0) is 7.05 Å². The molecule has 0 saturated heterocycles. The van der Waals surface area contributed by atoms with E-state index in [4.69, 9.17) is 11.6 Å². The minimum Gasteiger partial charge on any atom is -0.276 e. The predicted octanol–water partition coefficient (Wildman–Crippen LogP) is 2.93. The number of alkyl halides is 1. The van der Waals surface area contributed by atoms with E-state index >= 15 is 0 Å². The van der Waals surface area contributed by atoms with E-state index in [1.165, 1.54) is 18.4 Å². The molecule has 3 atom stereocenters. The highest BCUT2D eigenvalue weighted by atomic mass is 35.5. The molecule has 14 heavy (non-hydrogen) atoms. The molecule has 0 aliphatic heterocycles. The molecule has 0 spiro atoms. The molecule has 0 radical (unpaired) electrons. The van der Waals surface area contributed by atoms with Gasteiger partial charge in [0.1, 0.15) is 0 Å². The predicted molar refractivity (Wildman–Crippen MR) is 58.6 cm³/mol. The van der Waals surface area contributed by atoms with Crippen LogP contribution in [0.3, 0.4) is 0 Å². The van der Waals surface area contributed by atoms with Gasteiger partial charge in [0.25, 0.3) is 0 Å². The Balaban J connectivity index is 2.15. The lowest BCUT2D eigenvalue weighted by molar-refractivity contribution is 0.335. The quantitative estimate of drug-likeness (QED) is 0.655. The third-order valence-electron chi connectivity index (χ3n) is 3.28. The van der Waals surface area contributed by atoms with Gasteiger partial charge in [0.2, 0.25) is 0 Å². The number of aromatic nitrogens is 2. The fourth-order valence-corrected chi connectivity index (χ4v) is 2.68. The number of hydrogen-bond donors (Lipinski definition) is 0. The largest absolute Gasteiger partial charge is 0.276 e. The first-order valence-electron chi connectivity index (χ1n) is 5.29. The van der Waals surface area contributed by atoms with Crippen LogP contribution < -0.4 is 0 Å². The Morgan fingerprint density at radius 2 is 2.29 bits per heavy atom. The number of aryl methyl sites for hydroxylation is 1. The van der Waals surface area contributed by atoms with Gasteiger partial charge in [0, 0.05) is 18.6 Å². The summed E-state index contributed by atoms with van der Waals surface area (Å²) >= 11 is 6.21. The van der Waals surface area contributed by atoms with Gasteiger partial charge < -0.3 is 0 Å². The molecule has 1 fully saturated rings. The molecule has 78 valence electrons. The van der Waals surface area contributed by atoms with E-state index < -0.39 is 0 Å². The van der Waals surface area contributed by atoms with Crippen LogP contribution in [0.25, 0.3) is 0 Å². The first kappa shape index (κ1) is 10.0. The summed E-state index contributed by atoms with van der Waals surface area (Å²) in [5.41, 5.74) is 1.35. The second kappa shape index (κ2) is 3.93. The number of nitrogens with zero attached hydrogens (tertiary/aromatic N) is 2. The van der Waals surface area contributed by atoms with Crippen molar-refractivity contribution in [3.63, 3.8) is 0 Å². The second-order valence-corrected chi connectivity index (χ2v) is 5.06. The molecule has 1 heterocycles. The van der Waals surface area contributed by atoms with Crippen LogP contribution in [0.2, 0.25) is 0 Å². The summed E-state index contributed by atoms with van der Waals surface area (Å²) in [6.45, 7) is 2.32. The van der Waals surface area contributed by atoms with E-state index in [0.29, 0.717) is 11.3 Å². The van der Waals surface area contributed by atoms with Crippen LogP contribution in [0.15, 0.2) is 12.4 Å². The Hall–Kier alpha value is -0.500. The molecule has 2 nitrogen and oxygen atoms in total. The van der Waals surface area contributed by atoms with Crippen LogP contribution in [0, 0.1) is 5.92 Å². The van der Waals surface area contributed by atoms with Crippen molar-refractivity contribution in [2.24, 2.45) is 13.0 Å². The minimum absolute atomic E-state index is 0.358. The highest BCUT2D eigenvalue weighted by molar-refractivity contribution is 6.20. The lowest BCUT2D eigenvalue weighted by Crippen LogP contribution is -2.21. The lowest BCUT2D eigenvalue weighted by atomic mass is 9.77. The topological polar surface area (TPSA) is 17.8 Å². The smallest absolute Gasteiger partial charge is 0.0524 e. The van der Waals surface area contributed by atoms with Crippen molar-refractivity contribution in [2.45, 2.75) is 37.5 Å². The van der Waals surface area contributed by atoms with Crippen molar-refractivity contribution in [1.82, 2.24) is 9.78 Å². The molecule has 0 aromatic carbocycles. The maximum absolute atomic E-state index is 6.21. The summed E-state index contributed by atoms with van der Waals surface area (Å²) in [4.78, 5) is 0. The van der Waals surface area contributed by atoms with Crippen molar-refractivity contribution >= 4 is 11.6 Å². The van der Waals surface area contributed by atoms with Gasteiger partial charge in [-0.1, -0.05) is 6.92 Å². The number of rotatable bonds is 1. The van der Waals surface area contributed by atoms with E-state index in [9.17, 15) is 0 Å². The maximum atomic E-state index is 6.21. The molecule has 0 amide bonds. The monoisotopic (exact) mass is 212 g/mol. The third kappa shape index (κ3) is 1.95. The Morgan fingerprint density at radius 1 is 1.50 bits per heavy atom. The van der Waals surface area contributed by atoms with Gasteiger partial charge in [0.15, 0.2) is 0 Å². The van der Waals surface area contributed by atoms with Gasteiger partial charge in [-0.15, -0.1) is 11.6 Å². The van der Waals surface area contributed by atoms with Crippen molar-refractivity contribution in [3.05, 3.63) is 18.0 Å². The molecule has 1 aliphatic carbocycles. The standard InChI is InChI=1S/C11H17ClN2/c1-8-3-4-10(12)5-11(8)9-6-13-14(2)7-9/h6-8,10-11H,3-5H2,1-2H3.